The van der Waals surface area contributed by atoms with Gasteiger partial charge in [0.05, 0.1) is 6.04 Å². The maximum absolute atomic E-state index is 5.99. The van der Waals surface area contributed by atoms with Crippen LogP contribution in [0.3, 0.4) is 0 Å². The molecule has 0 saturated heterocycles. The zero-order valence-corrected chi connectivity index (χ0v) is 11.9. The summed E-state index contributed by atoms with van der Waals surface area (Å²) in [7, 11) is 0. The van der Waals surface area contributed by atoms with Crippen LogP contribution in [0.15, 0.2) is 41.1 Å². The van der Waals surface area contributed by atoms with Gasteiger partial charge in [0.1, 0.15) is 12.7 Å². The zero-order valence-electron chi connectivity index (χ0n) is 11.1. The number of ether oxygens (including phenoxy) is 2. The van der Waals surface area contributed by atoms with Crippen LogP contribution >= 0.6 is 11.3 Å². The van der Waals surface area contributed by atoms with E-state index in [0.29, 0.717) is 6.61 Å². The van der Waals surface area contributed by atoms with Gasteiger partial charge in [0.25, 0.3) is 0 Å². The van der Waals surface area contributed by atoms with E-state index in [4.69, 9.17) is 15.3 Å². The SMILES string of the molecule is NNC(CCc1ccsc1)C1COc2ccccc2O1. The molecule has 3 rings (SSSR count). The lowest BCUT2D eigenvalue weighted by Crippen LogP contribution is -2.50. The Morgan fingerprint density at radius 1 is 1.30 bits per heavy atom. The lowest BCUT2D eigenvalue weighted by Gasteiger charge is -2.31. The standard InChI is InChI=1S/C15H18N2O2S/c16-17-12(6-5-11-7-8-20-10-11)15-9-18-13-3-1-2-4-14(13)19-15/h1-4,7-8,10,12,15,17H,5-6,9,16H2. The minimum atomic E-state index is -0.0615. The van der Waals surface area contributed by atoms with E-state index >= 15 is 0 Å². The minimum Gasteiger partial charge on any atom is -0.486 e. The molecule has 3 N–H and O–H groups in total. The van der Waals surface area contributed by atoms with E-state index in [9.17, 15) is 0 Å². The lowest BCUT2D eigenvalue weighted by molar-refractivity contribution is 0.0596. The van der Waals surface area contributed by atoms with Crippen molar-refractivity contribution in [1.29, 1.82) is 0 Å². The Hall–Kier alpha value is -1.56. The second-order valence-corrected chi connectivity index (χ2v) is 5.64. The Bertz CT molecular complexity index is 545. The molecule has 0 spiro atoms. The summed E-state index contributed by atoms with van der Waals surface area (Å²) in [5, 5.41) is 4.26. The summed E-state index contributed by atoms with van der Waals surface area (Å²) in [5.41, 5.74) is 4.20. The van der Waals surface area contributed by atoms with Crippen molar-refractivity contribution in [3.63, 3.8) is 0 Å². The molecule has 20 heavy (non-hydrogen) atoms. The largest absolute Gasteiger partial charge is 0.486 e. The molecule has 2 heterocycles. The number of nitrogens with two attached hydrogens (primary N) is 1. The van der Waals surface area contributed by atoms with Crippen LogP contribution in [0.25, 0.3) is 0 Å². The van der Waals surface area contributed by atoms with Crippen molar-refractivity contribution in [3.05, 3.63) is 46.7 Å². The second kappa shape index (κ2) is 6.26. The number of hydrazine groups is 1. The molecular formula is C15H18N2O2S. The van der Waals surface area contributed by atoms with Crippen LogP contribution in [0.4, 0.5) is 0 Å². The molecule has 5 heteroatoms. The first-order valence-electron chi connectivity index (χ1n) is 6.72. The predicted molar refractivity (Wildman–Crippen MR) is 80.1 cm³/mol. The van der Waals surface area contributed by atoms with E-state index in [0.717, 1.165) is 24.3 Å². The lowest BCUT2D eigenvalue weighted by atomic mass is 10.0. The maximum Gasteiger partial charge on any atom is 0.161 e. The summed E-state index contributed by atoms with van der Waals surface area (Å²) in [6.07, 6.45) is 1.84. The van der Waals surface area contributed by atoms with Crippen LogP contribution in [0.1, 0.15) is 12.0 Å². The summed E-state index contributed by atoms with van der Waals surface area (Å²) >= 11 is 1.72. The van der Waals surface area contributed by atoms with Crippen LogP contribution in [-0.2, 0) is 6.42 Å². The first-order valence-corrected chi connectivity index (χ1v) is 7.67. The van der Waals surface area contributed by atoms with Crippen molar-refractivity contribution >= 4 is 11.3 Å². The molecule has 1 aromatic heterocycles. The first-order chi connectivity index (χ1) is 9.86. The number of aryl methyl sites for hydroxylation is 1. The van der Waals surface area contributed by atoms with Crippen LogP contribution in [0, 0.1) is 0 Å². The highest BCUT2D eigenvalue weighted by molar-refractivity contribution is 7.07. The van der Waals surface area contributed by atoms with Crippen molar-refractivity contribution < 1.29 is 9.47 Å². The van der Waals surface area contributed by atoms with Gasteiger partial charge in [0, 0.05) is 0 Å². The second-order valence-electron chi connectivity index (χ2n) is 4.86. The van der Waals surface area contributed by atoms with Gasteiger partial charge in [-0.3, -0.25) is 11.3 Å². The van der Waals surface area contributed by atoms with Gasteiger partial charge < -0.3 is 9.47 Å². The molecule has 0 radical (unpaired) electrons. The molecule has 0 saturated carbocycles. The monoisotopic (exact) mass is 290 g/mol. The van der Waals surface area contributed by atoms with E-state index in [1.165, 1.54) is 5.56 Å². The normalized spacial score (nSPS) is 18.8. The molecule has 1 aromatic carbocycles. The zero-order chi connectivity index (χ0) is 13.8. The molecule has 2 unspecified atom stereocenters. The van der Waals surface area contributed by atoms with E-state index in [1.807, 2.05) is 24.3 Å². The first kappa shape index (κ1) is 13.4. The smallest absolute Gasteiger partial charge is 0.161 e. The molecular weight excluding hydrogens is 272 g/mol. The van der Waals surface area contributed by atoms with Crippen LogP contribution < -0.4 is 20.7 Å². The number of para-hydroxylation sites is 2. The van der Waals surface area contributed by atoms with Crippen molar-refractivity contribution in [3.8, 4) is 11.5 Å². The van der Waals surface area contributed by atoms with Crippen LogP contribution in [0.2, 0.25) is 0 Å². The topological polar surface area (TPSA) is 56.5 Å². The van der Waals surface area contributed by atoms with Gasteiger partial charge in [-0.15, -0.1) is 0 Å². The summed E-state index contributed by atoms with van der Waals surface area (Å²) in [4.78, 5) is 0. The molecule has 0 fully saturated rings. The predicted octanol–water partition coefficient (Wildman–Crippen LogP) is 2.35. The van der Waals surface area contributed by atoms with Gasteiger partial charge in [-0.05, 0) is 47.4 Å². The number of fused-ring (bicyclic) bond motifs is 1. The fourth-order valence-electron chi connectivity index (χ4n) is 2.37. The Kier molecular flexibility index (Phi) is 4.20. The third-order valence-electron chi connectivity index (χ3n) is 3.52. The van der Waals surface area contributed by atoms with Gasteiger partial charge >= 0.3 is 0 Å². The highest BCUT2D eigenvalue weighted by Crippen LogP contribution is 2.32. The number of rotatable bonds is 5. The number of benzene rings is 1. The molecule has 0 amide bonds. The molecule has 0 bridgehead atoms. The van der Waals surface area contributed by atoms with Crippen molar-refractivity contribution in [2.24, 2.45) is 5.84 Å². The number of hydrogen-bond acceptors (Lipinski definition) is 5. The molecule has 106 valence electrons. The third-order valence-corrected chi connectivity index (χ3v) is 4.25. The quantitative estimate of drug-likeness (QED) is 0.655. The Balaban J connectivity index is 1.62. The molecule has 2 aromatic rings. The average Bonchev–Trinajstić information content (AvgIpc) is 3.01. The van der Waals surface area contributed by atoms with Gasteiger partial charge in [0.15, 0.2) is 11.5 Å². The Labute approximate surface area is 122 Å². The van der Waals surface area contributed by atoms with Gasteiger partial charge in [-0.25, -0.2) is 0 Å². The fraction of sp³-hybridized carbons (Fsp3) is 0.333. The minimum absolute atomic E-state index is 0.0615. The van der Waals surface area contributed by atoms with E-state index < -0.39 is 0 Å². The Morgan fingerprint density at radius 3 is 2.90 bits per heavy atom. The molecule has 1 aliphatic heterocycles. The fourth-order valence-corrected chi connectivity index (χ4v) is 3.07. The number of nitrogens with one attached hydrogen (secondary N) is 1. The molecule has 4 nitrogen and oxygen atoms in total. The van der Waals surface area contributed by atoms with Crippen molar-refractivity contribution in [1.82, 2.24) is 5.43 Å². The van der Waals surface area contributed by atoms with Gasteiger partial charge in [-0.2, -0.15) is 11.3 Å². The van der Waals surface area contributed by atoms with Gasteiger partial charge in [-0.1, -0.05) is 12.1 Å². The van der Waals surface area contributed by atoms with E-state index in [-0.39, 0.29) is 12.1 Å². The van der Waals surface area contributed by atoms with Crippen molar-refractivity contribution in [2.75, 3.05) is 6.61 Å². The Morgan fingerprint density at radius 2 is 2.15 bits per heavy atom. The molecule has 0 aliphatic carbocycles. The highest BCUT2D eigenvalue weighted by Gasteiger charge is 2.27. The van der Waals surface area contributed by atoms with Crippen LogP contribution in [0.5, 0.6) is 11.5 Å². The highest BCUT2D eigenvalue weighted by atomic mass is 32.1. The van der Waals surface area contributed by atoms with E-state index in [2.05, 4.69) is 22.3 Å². The molecule has 2 atom stereocenters. The molecule has 1 aliphatic rings. The number of thiophene rings is 1. The maximum atomic E-state index is 5.99. The summed E-state index contributed by atoms with van der Waals surface area (Å²) in [6, 6.07) is 9.95. The number of hydrogen-bond donors (Lipinski definition) is 2. The third kappa shape index (κ3) is 2.95. The summed E-state index contributed by atoms with van der Waals surface area (Å²) in [6.45, 7) is 0.523. The van der Waals surface area contributed by atoms with Crippen molar-refractivity contribution in [2.45, 2.75) is 25.0 Å². The summed E-state index contributed by atoms with van der Waals surface area (Å²) < 4.78 is 11.7. The average molecular weight is 290 g/mol. The van der Waals surface area contributed by atoms with E-state index in [1.54, 1.807) is 11.3 Å². The van der Waals surface area contributed by atoms with Gasteiger partial charge in [0.2, 0.25) is 0 Å². The van der Waals surface area contributed by atoms with Crippen LogP contribution in [-0.4, -0.2) is 18.8 Å². The summed E-state index contributed by atoms with van der Waals surface area (Å²) in [5.74, 6) is 7.27.